The lowest BCUT2D eigenvalue weighted by Gasteiger charge is -2.11. The van der Waals surface area contributed by atoms with E-state index in [-0.39, 0.29) is 10.6 Å². The van der Waals surface area contributed by atoms with E-state index in [1.807, 2.05) is 26.1 Å². The standard InChI is InChI=1S/C16H19NO3S/c1-3-12-21(18,19)16-7-5-4-6-15(16)20-14-10-8-13(17-2)9-11-14/h4-11,17H,3,12H2,1-2H3. The van der Waals surface area contributed by atoms with Crippen LogP contribution in [-0.4, -0.2) is 21.2 Å². The molecule has 21 heavy (non-hydrogen) atoms. The molecule has 0 saturated heterocycles. The van der Waals surface area contributed by atoms with Crippen LogP contribution in [0.1, 0.15) is 13.3 Å². The minimum atomic E-state index is -3.31. The van der Waals surface area contributed by atoms with E-state index in [4.69, 9.17) is 4.74 Å². The molecule has 0 heterocycles. The van der Waals surface area contributed by atoms with Gasteiger partial charge in [-0.1, -0.05) is 19.1 Å². The highest BCUT2D eigenvalue weighted by Gasteiger charge is 2.18. The van der Waals surface area contributed by atoms with Gasteiger partial charge in [0.15, 0.2) is 9.84 Å². The number of nitrogens with one attached hydrogen (secondary N) is 1. The van der Waals surface area contributed by atoms with Crippen molar-refractivity contribution in [3.8, 4) is 11.5 Å². The zero-order chi connectivity index (χ0) is 15.3. The average Bonchev–Trinajstić information content (AvgIpc) is 2.48. The highest BCUT2D eigenvalue weighted by atomic mass is 32.2. The maximum atomic E-state index is 12.3. The fraction of sp³-hybridized carbons (Fsp3) is 0.250. The number of rotatable bonds is 6. The van der Waals surface area contributed by atoms with Crippen molar-refractivity contribution in [1.82, 2.24) is 0 Å². The van der Waals surface area contributed by atoms with Crippen molar-refractivity contribution in [2.24, 2.45) is 0 Å². The van der Waals surface area contributed by atoms with Gasteiger partial charge in [-0.3, -0.25) is 0 Å². The normalized spacial score (nSPS) is 11.1. The smallest absolute Gasteiger partial charge is 0.182 e. The lowest BCUT2D eigenvalue weighted by atomic mass is 10.3. The van der Waals surface area contributed by atoms with Crippen LogP contribution in [0.4, 0.5) is 5.69 Å². The Bertz CT molecular complexity index is 694. The predicted octanol–water partition coefficient (Wildman–Crippen LogP) is 3.70. The lowest BCUT2D eigenvalue weighted by molar-refractivity contribution is 0.467. The second-order valence-corrected chi connectivity index (χ2v) is 6.72. The summed E-state index contributed by atoms with van der Waals surface area (Å²) in [7, 11) is -1.48. The molecule has 0 aromatic heterocycles. The monoisotopic (exact) mass is 305 g/mol. The van der Waals surface area contributed by atoms with Crippen molar-refractivity contribution in [1.29, 1.82) is 0 Å². The minimum absolute atomic E-state index is 0.117. The van der Waals surface area contributed by atoms with Crippen LogP contribution >= 0.6 is 0 Å². The second-order valence-electron chi connectivity index (χ2n) is 4.64. The summed E-state index contributed by atoms with van der Waals surface area (Å²) in [6, 6.07) is 14.1. The van der Waals surface area contributed by atoms with Crippen molar-refractivity contribution in [2.45, 2.75) is 18.2 Å². The molecule has 0 spiro atoms. The minimum Gasteiger partial charge on any atom is -0.456 e. The number of para-hydroxylation sites is 1. The Hall–Kier alpha value is -2.01. The van der Waals surface area contributed by atoms with E-state index in [0.29, 0.717) is 17.9 Å². The first-order valence-corrected chi connectivity index (χ1v) is 8.49. The predicted molar refractivity (Wildman–Crippen MR) is 84.8 cm³/mol. The third kappa shape index (κ3) is 3.76. The van der Waals surface area contributed by atoms with Gasteiger partial charge in [-0.05, 0) is 42.8 Å². The van der Waals surface area contributed by atoms with E-state index in [2.05, 4.69) is 5.32 Å². The van der Waals surface area contributed by atoms with Gasteiger partial charge < -0.3 is 10.1 Å². The summed E-state index contributed by atoms with van der Waals surface area (Å²) in [5.41, 5.74) is 0.967. The topological polar surface area (TPSA) is 55.4 Å². The summed E-state index contributed by atoms with van der Waals surface area (Å²) in [4.78, 5) is 0.240. The number of hydrogen-bond acceptors (Lipinski definition) is 4. The van der Waals surface area contributed by atoms with Gasteiger partial charge in [0.2, 0.25) is 0 Å². The average molecular weight is 305 g/mol. The first kappa shape index (κ1) is 15.4. The number of benzene rings is 2. The Morgan fingerprint density at radius 1 is 1.05 bits per heavy atom. The SMILES string of the molecule is CCCS(=O)(=O)c1ccccc1Oc1ccc(NC)cc1. The maximum Gasteiger partial charge on any atom is 0.182 e. The molecule has 0 aliphatic rings. The third-order valence-corrected chi connectivity index (χ3v) is 4.98. The van der Waals surface area contributed by atoms with Gasteiger partial charge in [-0.15, -0.1) is 0 Å². The first-order chi connectivity index (χ1) is 10.1. The van der Waals surface area contributed by atoms with E-state index >= 15 is 0 Å². The van der Waals surface area contributed by atoms with E-state index in [1.54, 1.807) is 36.4 Å². The second kappa shape index (κ2) is 6.63. The molecule has 0 atom stereocenters. The fourth-order valence-electron chi connectivity index (χ4n) is 1.99. The summed E-state index contributed by atoms with van der Waals surface area (Å²) in [5, 5.41) is 3.02. The molecule has 112 valence electrons. The van der Waals surface area contributed by atoms with Crippen LogP contribution in [0.5, 0.6) is 11.5 Å². The molecule has 0 unspecified atom stereocenters. The van der Waals surface area contributed by atoms with Crippen LogP contribution in [0.25, 0.3) is 0 Å². The molecule has 1 N–H and O–H groups in total. The van der Waals surface area contributed by atoms with Crippen molar-refractivity contribution in [3.05, 3.63) is 48.5 Å². The molecule has 4 nitrogen and oxygen atoms in total. The molecule has 0 aliphatic heterocycles. The molecule has 0 amide bonds. The molecule has 5 heteroatoms. The molecule has 0 radical (unpaired) electrons. The van der Waals surface area contributed by atoms with Crippen LogP contribution in [0.3, 0.4) is 0 Å². The number of hydrogen-bond donors (Lipinski definition) is 1. The quantitative estimate of drug-likeness (QED) is 0.884. The number of anilines is 1. The summed E-state index contributed by atoms with van der Waals surface area (Å²) in [6.45, 7) is 1.84. The third-order valence-electron chi connectivity index (χ3n) is 3.03. The van der Waals surface area contributed by atoms with Crippen LogP contribution in [-0.2, 0) is 9.84 Å². The lowest BCUT2D eigenvalue weighted by Crippen LogP contribution is -2.07. The Labute approximate surface area is 125 Å². The summed E-state index contributed by atoms with van der Waals surface area (Å²) < 4.78 is 30.2. The molecular weight excluding hydrogens is 286 g/mol. The first-order valence-electron chi connectivity index (χ1n) is 6.84. The van der Waals surface area contributed by atoms with E-state index < -0.39 is 9.84 Å². The van der Waals surface area contributed by atoms with Gasteiger partial charge in [0, 0.05) is 12.7 Å². The van der Waals surface area contributed by atoms with Gasteiger partial charge in [0.05, 0.1) is 5.75 Å². The van der Waals surface area contributed by atoms with Crippen molar-refractivity contribution in [3.63, 3.8) is 0 Å². The van der Waals surface area contributed by atoms with Gasteiger partial charge in [-0.25, -0.2) is 8.42 Å². The van der Waals surface area contributed by atoms with Crippen molar-refractivity contribution in [2.75, 3.05) is 18.1 Å². The number of sulfone groups is 1. The molecule has 0 fully saturated rings. The molecule has 2 rings (SSSR count). The van der Waals surface area contributed by atoms with E-state index in [1.165, 1.54) is 0 Å². The van der Waals surface area contributed by atoms with Crippen molar-refractivity contribution >= 4 is 15.5 Å². The van der Waals surface area contributed by atoms with Gasteiger partial charge >= 0.3 is 0 Å². The summed E-state index contributed by atoms with van der Waals surface area (Å²) in [6.07, 6.45) is 0.577. The van der Waals surface area contributed by atoms with Gasteiger partial charge in [0.25, 0.3) is 0 Å². The van der Waals surface area contributed by atoms with Crippen LogP contribution in [0.15, 0.2) is 53.4 Å². The molecule has 2 aromatic rings. The molecule has 0 saturated carbocycles. The fourth-order valence-corrected chi connectivity index (χ4v) is 3.45. The molecule has 0 bridgehead atoms. The van der Waals surface area contributed by atoms with Crippen LogP contribution < -0.4 is 10.1 Å². The highest BCUT2D eigenvalue weighted by molar-refractivity contribution is 7.91. The van der Waals surface area contributed by atoms with Crippen molar-refractivity contribution < 1.29 is 13.2 Å². The Morgan fingerprint density at radius 2 is 1.71 bits per heavy atom. The van der Waals surface area contributed by atoms with E-state index in [9.17, 15) is 8.42 Å². The Balaban J connectivity index is 2.32. The van der Waals surface area contributed by atoms with Crippen LogP contribution in [0.2, 0.25) is 0 Å². The Morgan fingerprint density at radius 3 is 2.33 bits per heavy atom. The zero-order valence-electron chi connectivity index (χ0n) is 12.2. The summed E-state index contributed by atoms with van der Waals surface area (Å²) in [5.74, 6) is 1.09. The summed E-state index contributed by atoms with van der Waals surface area (Å²) >= 11 is 0. The van der Waals surface area contributed by atoms with Gasteiger partial charge in [0.1, 0.15) is 16.4 Å². The number of ether oxygens (including phenoxy) is 1. The van der Waals surface area contributed by atoms with E-state index in [0.717, 1.165) is 5.69 Å². The van der Waals surface area contributed by atoms with Crippen LogP contribution in [0, 0.1) is 0 Å². The molecule has 0 aliphatic carbocycles. The Kier molecular flexibility index (Phi) is 4.85. The zero-order valence-corrected chi connectivity index (χ0v) is 13.0. The molecule has 2 aromatic carbocycles. The van der Waals surface area contributed by atoms with Gasteiger partial charge in [-0.2, -0.15) is 0 Å². The molecular formula is C16H19NO3S. The highest BCUT2D eigenvalue weighted by Crippen LogP contribution is 2.30. The maximum absolute atomic E-state index is 12.3. The largest absolute Gasteiger partial charge is 0.456 e.